The van der Waals surface area contributed by atoms with Crippen molar-refractivity contribution >= 4 is 29.3 Å². The van der Waals surface area contributed by atoms with Gasteiger partial charge < -0.3 is 4.74 Å². The second-order valence-electron chi connectivity index (χ2n) is 4.36. The number of rotatable bonds is 4. The second-order valence-corrected chi connectivity index (χ2v) is 7.10. The summed E-state index contributed by atoms with van der Waals surface area (Å²) in [6, 6.07) is 7.78. The smallest absolute Gasteiger partial charge is 0.151 e. The third kappa shape index (κ3) is 3.45. The van der Waals surface area contributed by atoms with Crippen molar-refractivity contribution < 1.29 is 9.53 Å². The van der Waals surface area contributed by atoms with Crippen LogP contribution < -0.4 is 4.74 Å². The van der Waals surface area contributed by atoms with E-state index in [1.165, 1.54) is 0 Å². The van der Waals surface area contributed by atoms with E-state index in [0.29, 0.717) is 17.5 Å². The predicted octanol–water partition coefficient (Wildman–Crippen LogP) is 3.04. The van der Waals surface area contributed by atoms with Gasteiger partial charge in [0.1, 0.15) is 5.75 Å². The van der Waals surface area contributed by atoms with Crippen molar-refractivity contribution in [2.45, 2.75) is 23.8 Å². The van der Waals surface area contributed by atoms with E-state index in [1.54, 1.807) is 18.9 Å². The van der Waals surface area contributed by atoms with Crippen LogP contribution in [0.3, 0.4) is 0 Å². The van der Waals surface area contributed by atoms with Crippen LogP contribution in [0.2, 0.25) is 0 Å². The number of ether oxygens (including phenoxy) is 1. The number of ketones is 1. The van der Waals surface area contributed by atoms with Crippen LogP contribution in [0.1, 0.15) is 12.5 Å². The molecular weight excluding hydrogens is 264 g/mol. The molecule has 2 atom stereocenters. The fraction of sp³-hybridized carbons (Fsp3) is 0.500. The van der Waals surface area contributed by atoms with E-state index in [-0.39, 0.29) is 5.25 Å². The van der Waals surface area contributed by atoms with Crippen molar-refractivity contribution in [2.75, 3.05) is 18.6 Å². The average molecular weight is 282 g/mol. The van der Waals surface area contributed by atoms with Gasteiger partial charge in [0.2, 0.25) is 0 Å². The van der Waals surface area contributed by atoms with Gasteiger partial charge >= 0.3 is 0 Å². The van der Waals surface area contributed by atoms with Crippen LogP contribution in [0.15, 0.2) is 24.3 Å². The van der Waals surface area contributed by atoms with E-state index in [1.807, 2.05) is 36.0 Å². The number of thioether (sulfide) groups is 2. The van der Waals surface area contributed by atoms with Crippen molar-refractivity contribution in [3.8, 4) is 5.75 Å². The Morgan fingerprint density at radius 2 is 2.17 bits per heavy atom. The van der Waals surface area contributed by atoms with Crippen LogP contribution in [-0.2, 0) is 11.2 Å². The van der Waals surface area contributed by atoms with Gasteiger partial charge in [-0.25, -0.2) is 0 Å². The summed E-state index contributed by atoms with van der Waals surface area (Å²) in [4.78, 5) is 12.3. The van der Waals surface area contributed by atoms with Gasteiger partial charge in [-0.2, -0.15) is 11.8 Å². The molecule has 2 unspecified atom stereocenters. The number of hydrogen-bond donors (Lipinski definition) is 0. The van der Waals surface area contributed by atoms with Crippen LogP contribution in [0, 0.1) is 0 Å². The summed E-state index contributed by atoms with van der Waals surface area (Å²) in [6.45, 7) is 2.16. The molecule has 18 heavy (non-hydrogen) atoms. The molecule has 2 nitrogen and oxygen atoms in total. The van der Waals surface area contributed by atoms with Gasteiger partial charge in [0.15, 0.2) is 5.78 Å². The molecule has 0 aromatic heterocycles. The topological polar surface area (TPSA) is 26.3 Å². The lowest BCUT2D eigenvalue weighted by Crippen LogP contribution is -2.32. The molecule has 1 heterocycles. The molecule has 1 saturated heterocycles. The molecule has 1 aromatic rings. The zero-order valence-electron chi connectivity index (χ0n) is 10.7. The first-order chi connectivity index (χ1) is 8.70. The van der Waals surface area contributed by atoms with Crippen LogP contribution in [0.4, 0.5) is 0 Å². The minimum Gasteiger partial charge on any atom is -0.497 e. The highest BCUT2D eigenvalue weighted by Crippen LogP contribution is 2.32. The Bertz CT molecular complexity index is 420. The number of hydrogen-bond acceptors (Lipinski definition) is 4. The maximum absolute atomic E-state index is 12.3. The third-order valence-corrected chi connectivity index (χ3v) is 6.16. The lowest BCUT2D eigenvalue weighted by atomic mass is 10.1. The summed E-state index contributed by atoms with van der Waals surface area (Å²) in [5.74, 6) is 3.41. The van der Waals surface area contributed by atoms with E-state index in [4.69, 9.17) is 4.74 Å². The van der Waals surface area contributed by atoms with E-state index in [2.05, 4.69) is 6.92 Å². The molecule has 0 amide bonds. The van der Waals surface area contributed by atoms with Crippen molar-refractivity contribution in [1.82, 2.24) is 0 Å². The minimum absolute atomic E-state index is 0.148. The van der Waals surface area contributed by atoms with Crippen LogP contribution >= 0.6 is 23.5 Å². The number of benzene rings is 1. The van der Waals surface area contributed by atoms with Gasteiger partial charge in [0.05, 0.1) is 12.4 Å². The lowest BCUT2D eigenvalue weighted by Gasteiger charge is -2.26. The van der Waals surface area contributed by atoms with Gasteiger partial charge in [0.25, 0.3) is 0 Å². The van der Waals surface area contributed by atoms with Gasteiger partial charge in [-0.1, -0.05) is 19.1 Å². The minimum atomic E-state index is 0.148. The Morgan fingerprint density at radius 1 is 1.39 bits per heavy atom. The maximum Gasteiger partial charge on any atom is 0.151 e. The van der Waals surface area contributed by atoms with Crippen molar-refractivity contribution in [3.63, 3.8) is 0 Å². The molecule has 2 rings (SSSR count). The third-order valence-electron chi connectivity index (χ3n) is 3.02. The lowest BCUT2D eigenvalue weighted by molar-refractivity contribution is -0.117. The first-order valence-corrected chi connectivity index (χ1v) is 8.19. The van der Waals surface area contributed by atoms with Crippen molar-refractivity contribution in [1.29, 1.82) is 0 Å². The largest absolute Gasteiger partial charge is 0.497 e. The molecule has 0 saturated carbocycles. The van der Waals surface area contributed by atoms with Crippen molar-refractivity contribution in [2.24, 2.45) is 0 Å². The zero-order chi connectivity index (χ0) is 13.0. The highest BCUT2D eigenvalue weighted by Gasteiger charge is 2.28. The maximum atomic E-state index is 12.3. The Morgan fingerprint density at radius 3 is 2.89 bits per heavy atom. The molecule has 0 radical (unpaired) electrons. The van der Waals surface area contributed by atoms with E-state index >= 15 is 0 Å². The second kappa shape index (κ2) is 6.53. The summed E-state index contributed by atoms with van der Waals surface area (Å²) in [6.07, 6.45) is 0.514. The van der Waals surface area contributed by atoms with E-state index < -0.39 is 0 Å². The summed E-state index contributed by atoms with van der Waals surface area (Å²) >= 11 is 3.71. The number of methoxy groups -OCH3 is 1. The number of Topliss-reactive ketones (excluding diaryl/α,β-unsaturated/α-hetero) is 1. The van der Waals surface area contributed by atoms with E-state index in [0.717, 1.165) is 22.8 Å². The highest BCUT2D eigenvalue weighted by atomic mass is 32.2. The molecule has 1 aromatic carbocycles. The molecule has 1 fully saturated rings. The Labute approximate surface area is 117 Å². The summed E-state index contributed by atoms with van der Waals surface area (Å²) < 4.78 is 5.18. The Hall–Kier alpha value is -0.610. The Kier molecular flexibility index (Phi) is 5.01. The van der Waals surface area contributed by atoms with Gasteiger partial charge in [-0.15, -0.1) is 11.8 Å². The Balaban J connectivity index is 2.01. The monoisotopic (exact) mass is 282 g/mol. The highest BCUT2D eigenvalue weighted by molar-refractivity contribution is 8.07. The standard InChI is InChI=1S/C14H18O2S2/c1-10-14(18-7-6-17-10)13(15)9-11-4-3-5-12(8-11)16-2/h3-5,8,10,14H,6-7,9H2,1-2H3. The SMILES string of the molecule is COc1cccc(CC(=O)C2SCCSC2C)c1. The van der Waals surface area contributed by atoms with Crippen LogP contribution in [-0.4, -0.2) is 34.9 Å². The molecule has 0 N–H and O–H groups in total. The van der Waals surface area contributed by atoms with Crippen molar-refractivity contribution in [3.05, 3.63) is 29.8 Å². The predicted molar refractivity (Wildman–Crippen MR) is 79.9 cm³/mol. The molecule has 0 spiro atoms. The van der Waals surface area contributed by atoms with Gasteiger partial charge in [0, 0.05) is 23.2 Å². The van der Waals surface area contributed by atoms with Gasteiger partial charge in [-0.05, 0) is 17.7 Å². The molecular formula is C14H18O2S2. The molecule has 4 heteroatoms. The average Bonchev–Trinajstić information content (AvgIpc) is 2.39. The molecule has 0 bridgehead atoms. The normalized spacial score (nSPS) is 23.7. The first kappa shape index (κ1) is 13.8. The summed E-state index contributed by atoms with van der Waals surface area (Å²) in [7, 11) is 1.65. The molecule has 1 aliphatic rings. The fourth-order valence-corrected chi connectivity index (χ4v) is 4.80. The van der Waals surface area contributed by atoms with Crippen LogP contribution in [0.5, 0.6) is 5.75 Å². The quantitative estimate of drug-likeness (QED) is 0.848. The molecule has 98 valence electrons. The molecule has 0 aliphatic carbocycles. The van der Waals surface area contributed by atoms with Gasteiger partial charge in [-0.3, -0.25) is 4.79 Å². The molecule has 1 aliphatic heterocycles. The number of carbonyl (C=O) groups is 1. The first-order valence-electron chi connectivity index (χ1n) is 6.09. The fourth-order valence-electron chi connectivity index (χ4n) is 2.07. The number of carbonyl (C=O) groups excluding carboxylic acids is 1. The zero-order valence-corrected chi connectivity index (χ0v) is 12.4. The summed E-state index contributed by atoms with van der Waals surface area (Å²) in [5.41, 5.74) is 1.04. The van der Waals surface area contributed by atoms with Crippen LogP contribution in [0.25, 0.3) is 0 Å². The summed E-state index contributed by atoms with van der Waals surface area (Å²) in [5, 5.41) is 0.580. The van der Waals surface area contributed by atoms with E-state index in [9.17, 15) is 4.79 Å².